The van der Waals surface area contributed by atoms with Gasteiger partial charge in [-0.15, -0.1) is 0 Å². The standard InChI is InChI=1S/C13H20N2/c1-9(2)5-12-7-11(8-14)13(15-12)6-10(3)4/h7-9,14-15H,3,5-6H2,1-2,4H3. The molecule has 0 spiro atoms. The van der Waals surface area contributed by atoms with E-state index in [-0.39, 0.29) is 0 Å². The second-order valence-electron chi connectivity index (χ2n) is 4.60. The van der Waals surface area contributed by atoms with Gasteiger partial charge >= 0.3 is 0 Å². The summed E-state index contributed by atoms with van der Waals surface area (Å²) in [6.45, 7) is 10.3. The number of allylic oxidation sites excluding steroid dienone is 1. The van der Waals surface area contributed by atoms with Crippen molar-refractivity contribution >= 4 is 6.21 Å². The summed E-state index contributed by atoms with van der Waals surface area (Å²) in [5.41, 5.74) is 4.46. The maximum Gasteiger partial charge on any atom is 0.0279 e. The Kier molecular flexibility index (Phi) is 3.89. The van der Waals surface area contributed by atoms with E-state index < -0.39 is 0 Å². The number of rotatable bonds is 5. The van der Waals surface area contributed by atoms with Gasteiger partial charge in [0.2, 0.25) is 0 Å². The molecule has 15 heavy (non-hydrogen) atoms. The monoisotopic (exact) mass is 204 g/mol. The predicted molar refractivity (Wildman–Crippen MR) is 65.7 cm³/mol. The third-order valence-corrected chi connectivity index (χ3v) is 2.25. The first-order chi connectivity index (χ1) is 7.02. The van der Waals surface area contributed by atoms with E-state index in [1.54, 1.807) is 0 Å². The topological polar surface area (TPSA) is 39.6 Å². The molecular weight excluding hydrogens is 184 g/mol. The van der Waals surface area contributed by atoms with Gasteiger partial charge in [0.05, 0.1) is 0 Å². The minimum absolute atomic E-state index is 0.639. The van der Waals surface area contributed by atoms with Crippen molar-refractivity contribution in [1.82, 2.24) is 4.98 Å². The number of hydrogen-bond acceptors (Lipinski definition) is 1. The van der Waals surface area contributed by atoms with Gasteiger partial charge < -0.3 is 10.4 Å². The van der Waals surface area contributed by atoms with E-state index in [0.29, 0.717) is 5.92 Å². The van der Waals surface area contributed by atoms with Crippen molar-refractivity contribution < 1.29 is 0 Å². The van der Waals surface area contributed by atoms with E-state index in [9.17, 15) is 0 Å². The van der Waals surface area contributed by atoms with Gasteiger partial charge in [-0.25, -0.2) is 0 Å². The van der Waals surface area contributed by atoms with E-state index in [0.717, 1.165) is 29.7 Å². The Morgan fingerprint density at radius 3 is 2.73 bits per heavy atom. The molecule has 1 rings (SSSR count). The summed E-state index contributed by atoms with van der Waals surface area (Å²) in [7, 11) is 0. The van der Waals surface area contributed by atoms with Crippen LogP contribution in [-0.4, -0.2) is 11.2 Å². The molecule has 1 aromatic rings. The Labute approximate surface area is 91.9 Å². The molecule has 0 radical (unpaired) electrons. The lowest BCUT2D eigenvalue weighted by molar-refractivity contribution is 0.636. The largest absolute Gasteiger partial charge is 0.361 e. The third kappa shape index (κ3) is 3.39. The first-order valence-electron chi connectivity index (χ1n) is 5.38. The zero-order valence-electron chi connectivity index (χ0n) is 9.85. The Morgan fingerprint density at radius 2 is 2.27 bits per heavy atom. The molecule has 0 aromatic carbocycles. The van der Waals surface area contributed by atoms with E-state index >= 15 is 0 Å². The lowest BCUT2D eigenvalue weighted by atomic mass is 10.1. The molecular formula is C13H20N2. The Morgan fingerprint density at radius 1 is 1.60 bits per heavy atom. The van der Waals surface area contributed by atoms with Gasteiger partial charge in [0.15, 0.2) is 0 Å². The molecule has 1 heterocycles. The summed E-state index contributed by atoms with van der Waals surface area (Å²) in [4.78, 5) is 3.38. The predicted octanol–water partition coefficient (Wildman–Crippen LogP) is 3.33. The molecule has 0 aliphatic carbocycles. The third-order valence-electron chi connectivity index (χ3n) is 2.25. The second-order valence-corrected chi connectivity index (χ2v) is 4.60. The summed E-state index contributed by atoms with van der Waals surface area (Å²) in [6, 6.07) is 2.07. The molecule has 2 N–H and O–H groups in total. The number of nitrogens with one attached hydrogen (secondary N) is 2. The lowest BCUT2D eigenvalue weighted by Gasteiger charge is -2.01. The smallest absolute Gasteiger partial charge is 0.0279 e. The molecule has 0 fully saturated rings. The quantitative estimate of drug-likeness (QED) is 0.545. The van der Waals surface area contributed by atoms with E-state index in [4.69, 9.17) is 5.41 Å². The first kappa shape index (κ1) is 11.8. The van der Waals surface area contributed by atoms with Crippen LogP contribution in [-0.2, 0) is 12.8 Å². The summed E-state index contributed by atoms with van der Waals surface area (Å²) < 4.78 is 0. The van der Waals surface area contributed by atoms with Crippen LogP contribution in [0.3, 0.4) is 0 Å². The Balaban J connectivity index is 2.89. The van der Waals surface area contributed by atoms with Crippen molar-refractivity contribution in [2.24, 2.45) is 5.92 Å². The molecule has 0 atom stereocenters. The minimum atomic E-state index is 0.639. The van der Waals surface area contributed by atoms with Crippen molar-refractivity contribution in [3.8, 4) is 0 Å². The maximum atomic E-state index is 7.35. The fraction of sp³-hybridized carbons (Fsp3) is 0.462. The van der Waals surface area contributed by atoms with Gasteiger partial charge in [0, 0.05) is 29.6 Å². The second kappa shape index (κ2) is 4.96. The average Bonchev–Trinajstić information content (AvgIpc) is 2.45. The van der Waals surface area contributed by atoms with Gasteiger partial charge in [0.1, 0.15) is 0 Å². The van der Waals surface area contributed by atoms with E-state index in [1.807, 2.05) is 6.92 Å². The molecule has 0 saturated heterocycles. The van der Waals surface area contributed by atoms with Crippen LogP contribution in [0.5, 0.6) is 0 Å². The molecule has 82 valence electrons. The van der Waals surface area contributed by atoms with Gasteiger partial charge in [-0.1, -0.05) is 26.0 Å². The molecule has 0 unspecified atom stereocenters. The van der Waals surface area contributed by atoms with Gasteiger partial charge in [-0.2, -0.15) is 0 Å². The van der Waals surface area contributed by atoms with Crippen LogP contribution >= 0.6 is 0 Å². The lowest BCUT2D eigenvalue weighted by Crippen LogP contribution is -1.95. The number of hydrogen-bond donors (Lipinski definition) is 2. The Hall–Kier alpha value is -1.31. The van der Waals surface area contributed by atoms with Gasteiger partial charge in [-0.3, -0.25) is 0 Å². The van der Waals surface area contributed by atoms with Crippen molar-refractivity contribution in [1.29, 1.82) is 5.41 Å². The van der Waals surface area contributed by atoms with Crippen LogP contribution < -0.4 is 0 Å². The van der Waals surface area contributed by atoms with Crippen LogP contribution in [0.4, 0.5) is 0 Å². The molecule has 2 heteroatoms. The highest BCUT2D eigenvalue weighted by molar-refractivity contribution is 5.79. The number of aromatic nitrogens is 1. The van der Waals surface area contributed by atoms with E-state index in [1.165, 1.54) is 11.9 Å². The van der Waals surface area contributed by atoms with Crippen LogP contribution in [0, 0.1) is 11.3 Å². The molecule has 1 aromatic heterocycles. The molecule has 0 amide bonds. The summed E-state index contributed by atoms with van der Waals surface area (Å²) in [5, 5.41) is 7.35. The SMILES string of the molecule is C=C(C)Cc1[nH]c(CC(C)C)cc1C=N. The fourth-order valence-corrected chi connectivity index (χ4v) is 1.70. The van der Waals surface area contributed by atoms with Crippen molar-refractivity contribution in [2.45, 2.75) is 33.6 Å². The fourth-order valence-electron chi connectivity index (χ4n) is 1.70. The molecule has 0 bridgehead atoms. The Bertz CT molecular complexity index is 359. The number of aromatic amines is 1. The van der Waals surface area contributed by atoms with Crippen LogP contribution in [0.1, 0.15) is 37.7 Å². The van der Waals surface area contributed by atoms with Crippen molar-refractivity contribution in [2.75, 3.05) is 0 Å². The zero-order valence-corrected chi connectivity index (χ0v) is 9.85. The van der Waals surface area contributed by atoms with E-state index in [2.05, 4.69) is 31.5 Å². The van der Waals surface area contributed by atoms with Crippen molar-refractivity contribution in [3.63, 3.8) is 0 Å². The summed E-state index contributed by atoms with van der Waals surface area (Å²) >= 11 is 0. The van der Waals surface area contributed by atoms with Crippen LogP contribution in [0.25, 0.3) is 0 Å². The molecule has 0 aliphatic heterocycles. The molecule has 0 aliphatic rings. The first-order valence-corrected chi connectivity index (χ1v) is 5.38. The van der Waals surface area contributed by atoms with Gasteiger partial charge in [-0.05, 0) is 25.3 Å². The number of H-pyrrole nitrogens is 1. The summed E-state index contributed by atoms with van der Waals surface area (Å²) in [6.07, 6.45) is 3.29. The van der Waals surface area contributed by atoms with Crippen molar-refractivity contribution in [3.05, 3.63) is 35.2 Å². The van der Waals surface area contributed by atoms with Gasteiger partial charge in [0.25, 0.3) is 0 Å². The zero-order chi connectivity index (χ0) is 11.4. The van der Waals surface area contributed by atoms with Crippen LogP contribution in [0.2, 0.25) is 0 Å². The average molecular weight is 204 g/mol. The highest BCUT2D eigenvalue weighted by atomic mass is 14.7. The minimum Gasteiger partial charge on any atom is -0.361 e. The highest BCUT2D eigenvalue weighted by Gasteiger charge is 2.07. The molecule has 2 nitrogen and oxygen atoms in total. The normalized spacial score (nSPS) is 10.7. The summed E-state index contributed by atoms with van der Waals surface area (Å²) in [5.74, 6) is 0.639. The molecule has 0 saturated carbocycles. The van der Waals surface area contributed by atoms with Crippen LogP contribution in [0.15, 0.2) is 18.2 Å². The maximum absolute atomic E-state index is 7.35. The highest BCUT2D eigenvalue weighted by Crippen LogP contribution is 2.15.